The predicted octanol–water partition coefficient (Wildman–Crippen LogP) is 5.75. The van der Waals surface area contributed by atoms with Crippen LogP contribution in [0.1, 0.15) is 57.6 Å². The summed E-state index contributed by atoms with van der Waals surface area (Å²) in [6.07, 6.45) is 2.35. The van der Waals surface area contributed by atoms with E-state index >= 15 is 0 Å². The summed E-state index contributed by atoms with van der Waals surface area (Å²) in [4.78, 5) is 15.2. The van der Waals surface area contributed by atoms with Crippen molar-refractivity contribution < 1.29 is 4.79 Å². The lowest BCUT2D eigenvalue weighted by molar-refractivity contribution is 0.0940. The lowest BCUT2D eigenvalue weighted by Gasteiger charge is -2.31. The Bertz CT molecular complexity index is 1040. The number of anilines is 1. The molecule has 1 atom stereocenters. The number of rotatable bonds is 5. The summed E-state index contributed by atoms with van der Waals surface area (Å²) >= 11 is 0. The van der Waals surface area contributed by atoms with Gasteiger partial charge in [-0.25, -0.2) is 0 Å². The van der Waals surface area contributed by atoms with Crippen LogP contribution in [0.5, 0.6) is 0 Å². The van der Waals surface area contributed by atoms with Crippen LogP contribution in [-0.4, -0.2) is 12.5 Å². The van der Waals surface area contributed by atoms with Crippen molar-refractivity contribution in [3.05, 3.63) is 100 Å². The SMILES string of the molecule is Cc1ccc([C@@H](C)NC(=O)c2ccc(CN3CCCc4ccccc43)cc2)c(C)c1. The number of fused-ring (bicyclic) bond motifs is 1. The molecule has 1 heterocycles. The molecule has 1 aliphatic heterocycles. The Morgan fingerprint density at radius 1 is 1.03 bits per heavy atom. The highest BCUT2D eigenvalue weighted by Gasteiger charge is 2.17. The fourth-order valence-corrected chi connectivity index (χ4v) is 4.43. The van der Waals surface area contributed by atoms with Crippen LogP contribution in [0.25, 0.3) is 0 Å². The van der Waals surface area contributed by atoms with Crippen LogP contribution in [0, 0.1) is 13.8 Å². The van der Waals surface area contributed by atoms with Gasteiger partial charge < -0.3 is 10.2 Å². The summed E-state index contributed by atoms with van der Waals surface area (Å²) in [5.74, 6) is -0.0302. The Morgan fingerprint density at radius 3 is 2.57 bits per heavy atom. The van der Waals surface area contributed by atoms with Gasteiger partial charge in [0.05, 0.1) is 6.04 Å². The Balaban J connectivity index is 1.42. The van der Waals surface area contributed by atoms with Gasteiger partial charge in [-0.1, -0.05) is 54.1 Å². The predicted molar refractivity (Wildman–Crippen MR) is 124 cm³/mol. The molecule has 0 aliphatic carbocycles. The second kappa shape index (κ2) is 8.74. The van der Waals surface area contributed by atoms with Gasteiger partial charge >= 0.3 is 0 Å². The van der Waals surface area contributed by atoms with Crippen LogP contribution >= 0.6 is 0 Å². The van der Waals surface area contributed by atoms with Gasteiger partial charge in [0.2, 0.25) is 0 Å². The van der Waals surface area contributed by atoms with E-state index in [4.69, 9.17) is 0 Å². The Hall–Kier alpha value is -3.07. The van der Waals surface area contributed by atoms with Crippen molar-refractivity contribution in [2.75, 3.05) is 11.4 Å². The first-order valence-electron chi connectivity index (χ1n) is 10.8. The summed E-state index contributed by atoms with van der Waals surface area (Å²) in [6, 6.07) is 23.0. The molecule has 0 fully saturated rings. The van der Waals surface area contributed by atoms with Gasteiger partial charge in [-0.3, -0.25) is 4.79 Å². The molecule has 30 heavy (non-hydrogen) atoms. The molecule has 3 aromatic rings. The normalized spacial score (nSPS) is 14.2. The highest BCUT2D eigenvalue weighted by Crippen LogP contribution is 2.28. The molecule has 0 radical (unpaired) electrons. The highest BCUT2D eigenvalue weighted by molar-refractivity contribution is 5.94. The van der Waals surface area contributed by atoms with Crippen LogP contribution in [-0.2, 0) is 13.0 Å². The van der Waals surface area contributed by atoms with Gasteiger partial charge in [0, 0.05) is 24.3 Å². The molecule has 0 saturated carbocycles. The minimum atomic E-state index is -0.0302. The second-order valence-corrected chi connectivity index (χ2v) is 8.41. The average Bonchev–Trinajstić information content (AvgIpc) is 2.74. The van der Waals surface area contributed by atoms with Crippen LogP contribution in [0.4, 0.5) is 5.69 Å². The molecule has 3 nitrogen and oxygen atoms in total. The van der Waals surface area contributed by atoms with Crippen molar-refractivity contribution >= 4 is 11.6 Å². The summed E-state index contributed by atoms with van der Waals surface area (Å²) in [5.41, 5.74) is 8.31. The number of para-hydroxylation sites is 1. The van der Waals surface area contributed by atoms with Crippen LogP contribution in [0.2, 0.25) is 0 Å². The standard InChI is InChI=1S/C27H30N2O/c1-19-10-15-25(20(2)17-19)21(3)28-27(30)24-13-11-22(12-14-24)18-29-16-6-8-23-7-4-5-9-26(23)29/h4-5,7,9-15,17,21H,6,8,16,18H2,1-3H3,(H,28,30)/t21-/m1/s1. The van der Waals surface area contributed by atoms with Crippen molar-refractivity contribution in [3.63, 3.8) is 0 Å². The summed E-state index contributed by atoms with van der Waals surface area (Å²) in [7, 11) is 0. The zero-order valence-electron chi connectivity index (χ0n) is 18.1. The van der Waals surface area contributed by atoms with Gasteiger partial charge in [0.1, 0.15) is 0 Å². The topological polar surface area (TPSA) is 32.3 Å². The first-order valence-corrected chi connectivity index (χ1v) is 10.8. The monoisotopic (exact) mass is 398 g/mol. The summed E-state index contributed by atoms with van der Waals surface area (Å²) in [5, 5.41) is 3.14. The largest absolute Gasteiger partial charge is 0.367 e. The zero-order valence-corrected chi connectivity index (χ0v) is 18.1. The van der Waals surface area contributed by atoms with E-state index in [0.717, 1.165) is 25.1 Å². The number of aryl methyl sites for hydroxylation is 3. The second-order valence-electron chi connectivity index (χ2n) is 8.41. The number of nitrogens with one attached hydrogen (secondary N) is 1. The van der Waals surface area contributed by atoms with E-state index in [1.165, 1.54) is 34.4 Å². The summed E-state index contributed by atoms with van der Waals surface area (Å²) in [6.45, 7) is 8.17. The Kier molecular flexibility index (Phi) is 5.89. The lowest BCUT2D eigenvalue weighted by Crippen LogP contribution is -2.29. The van der Waals surface area contributed by atoms with Crippen molar-refractivity contribution in [2.24, 2.45) is 0 Å². The molecular weight excluding hydrogens is 368 g/mol. The van der Waals surface area contributed by atoms with Crippen molar-refractivity contribution in [1.82, 2.24) is 5.32 Å². The van der Waals surface area contributed by atoms with Gasteiger partial charge in [-0.05, 0) is 74.1 Å². The maximum Gasteiger partial charge on any atom is 0.251 e. The zero-order chi connectivity index (χ0) is 21.1. The van der Waals surface area contributed by atoms with Crippen molar-refractivity contribution in [2.45, 2.75) is 46.2 Å². The molecule has 1 aliphatic rings. The van der Waals surface area contributed by atoms with E-state index in [1.807, 2.05) is 19.1 Å². The van der Waals surface area contributed by atoms with Gasteiger partial charge in [0.25, 0.3) is 5.91 Å². The molecule has 3 heteroatoms. The molecule has 0 aromatic heterocycles. The lowest BCUT2D eigenvalue weighted by atomic mass is 9.99. The van der Waals surface area contributed by atoms with Crippen LogP contribution < -0.4 is 10.2 Å². The number of amides is 1. The highest BCUT2D eigenvalue weighted by atomic mass is 16.1. The van der Waals surface area contributed by atoms with Gasteiger partial charge in [-0.15, -0.1) is 0 Å². The number of hydrogen-bond acceptors (Lipinski definition) is 2. The minimum Gasteiger partial charge on any atom is -0.367 e. The number of hydrogen-bond donors (Lipinski definition) is 1. The molecule has 4 rings (SSSR count). The molecule has 0 unspecified atom stereocenters. The van der Waals surface area contributed by atoms with Crippen LogP contribution in [0.15, 0.2) is 66.7 Å². The quantitative estimate of drug-likeness (QED) is 0.594. The third kappa shape index (κ3) is 4.40. The molecule has 0 spiro atoms. The number of benzene rings is 3. The molecule has 3 aromatic carbocycles. The fourth-order valence-electron chi connectivity index (χ4n) is 4.43. The molecule has 0 saturated heterocycles. The molecule has 1 amide bonds. The summed E-state index contributed by atoms with van der Waals surface area (Å²) < 4.78 is 0. The maximum absolute atomic E-state index is 12.8. The molecule has 0 bridgehead atoms. The molecular formula is C27H30N2O. The van der Waals surface area contributed by atoms with Crippen LogP contribution in [0.3, 0.4) is 0 Å². The third-order valence-corrected chi connectivity index (χ3v) is 6.04. The first kappa shape index (κ1) is 20.2. The fraction of sp³-hybridized carbons (Fsp3) is 0.296. The number of carbonyl (C=O) groups excluding carboxylic acids is 1. The van der Waals surface area contributed by atoms with E-state index in [9.17, 15) is 4.79 Å². The van der Waals surface area contributed by atoms with E-state index in [0.29, 0.717) is 5.56 Å². The third-order valence-electron chi connectivity index (χ3n) is 6.04. The maximum atomic E-state index is 12.8. The van der Waals surface area contributed by atoms with E-state index < -0.39 is 0 Å². The minimum absolute atomic E-state index is 0.0253. The van der Waals surface area contributed by atoms with Crippen molar-refractivity contribution in [3.8, 4) is 0 Å². The Morgan fingerprint density at radius 2 is 1.80 bits per heavy atom. The first-order chi connectivity index (χ1) is 14.5. The molecule has 1 N–H and O–H groups in total. The Labute approximate surface area is 179 Å². The van der Waals surface area contributed by atoms with E-state index in [2.05, 4.69) is 78.7 Å². The number of carbonyl (C=O) groups is 1. The van der Waals surface area contributed by atoms with E-state index in [1.54, 1.807) is 0 Å². The van der Waals surface area contributed by atoms with Gasteiger partial charge in [0.15, 0.2) is 0 Å². The average molecular weight is 399 g/mol. The number of nitrogens with zero attached hydrogens (tertiary/aromatic N) is 1. The molecule has 154 valence electrons. The van der Waals surface area contributed by atoms with E-state index in [-0.39, 0.29) is 11.9 Å². The van der Waals surface area contributed by atoms with Crippen molar-refractivity contribution in [1.29, 1.82) is 0 Å². The smallest absolute Gasteiger partial charge is 0.251 e. The van der Waals surface area contributed by atoms with Gasteiger partial charge in [-0.2, -0.15) is 0 Å².